The molecule has 256 valence electrons. The average Bonchev–Trinajstić information content (AvgIpc) is 2.80. The van der Waals surface area contributed by atoms with Crippen LogP contribution in [0.1, 0.15) is 19.8 Å². The molecular formula is C23H33Ca2Cl2N4O15-3. The number of nitrogens with zero attached hydrogens (tertiary/aromatic N) is 2. The van der Waals surface area contributed by atoms with Crippen LogP contribution in [-0.2, 0) is 38.4 Å². The average molecular weight is 757 g/mol. The molecule has 23 heteroatoms. The maximum Gasteiger partial charge on any atom is 2.00 e. The quantitative estimate of drug-likeness (QED) is 0.0864. The van der Waals surface area contributed by atoms with Crippen LogP contribution >= 0.6 is 0 Å². The van der Waals surface area contributed by atoms with Gasteiger partial charge in [0.05, 0.1) is 29.8 Å². The number of rotatable bonds is 24. The number of ketones is 1. The van der Waals surface area contributed by atoms with Gasteiger partial charge in [0.25, 0.3) is 0 Å². The number of quaternary nitrogens is 2. The second kappa shape index (κ2) is 33.8. The van der Waals surface area contributed by atoms with Crippen molar-refractivity contribution >= 4 is 123 Å². The molecule has 0 aromatic rings. The summed E-state index contributed by atoms with van der Waals surface area (Å²) in [4.78, 5) is 87.4. The van der Waals surface area contributed by atoms with Crippen molar-refractivity contribution in [3.63, 3.8) is 0 Å². The molecule has 0 bridgehead atoms. The summed E-state index contributed by atoms with van der Waals surface area (Å²) in [5.41, 5.74) is 0. The summed E-state index contributed by atoms with van der Waals surface area (Å²) in [6, 6.07) is 0. The molecule has 1 atom stereocenters. The second-order valence-electron chi connectivity index (χ2n) is 9.07. The molecule has 0 aromatic heterocycles. The number of aliphatic carboxylic acids is 7. The fraction of sp³-hybridized carbons (Fsp3) is 0.652. The fourth-order valence-corrected chi connectivity index (χ4v) is 3.48. The largest absolute Gasteiger partial charge is 2.00 e. The van der Waals surface area contributed by atoms with E-state index in [1.54, 1.807) is 0 Å². The van der Waals surface area contributed by atoms with E-state index in [9.17, 15) is 74.1 Å². The number of carboxylic acid groups (broad SMARTS) is 7. The normalized spacial score (nSPS) is 10.4. The Morgan fingerprint density at radius 3 is 0.957 bits per heavy atom. The molecule has 19 nitrogen and oxygen atoms in total. The molecule has 0 fully saturated rings. The molecule has 0 aliphatic rings. The summed E-state index contributed by atoms with van der Waals surface area (Å²) in [5, 5.41) is 73.4. The zero-order chi connectivity index (χ0) is 32.8. The molecule has 0 amide bonds. The van der Waals surface area contributed by atoms with Gasteiger partial charge in [0.1, 0.15) is 39.3 Å². The second-order valence-corrected chi connectivity index (χ2v) is 9.07. The molecule has 0 rings (SSSR count). The van der Waals surface area contributed by atoms with Crippen molar-refractivity contribution in [2.24, 2.45) is 0 Å². The van der Waals surface area contributed by atoms with E-state index in [0.717, 1.165) is 0 Å². The Balaban J connectivity index is -0.000000161. The number of nitrogens with one attached hydrogen (secondary N) is 2. The molecule has 0 aliphatic carbocycles. The van der Waals surface area contributed by atoms with Gasteiger partial charge in [-0.3, -0.25) is 14.6 Å². The number of carbonyl (C=O) groups is 8. The summed E-state index contributed by atoms with van der Waals surface area (Å²) in [5.74, 6) is -9.97. The minimum Gasteiger partial charge on any atom is -1.00 e. The summed E-state index contributed by atoms with van der Waals surface area (Å²) < 4.78 is 0. The van der Waals surface area contributed by atoms with Gasteiger partial charge < -0.3 is 104 Å². The Bertz CT molecular complexity index is 860. The van der Waals surface area contributed by atoms with Gasteiger partial charge >= 0.3 is 75.5 Å². The van der Waals surface area contributed by atoms with E-state index in [2.05, 4.69) is 0 Å². The molecule has 2 N–H and O–H groups in total. The Morgan fingerprint density at radius 1 is 0.457 bits per heavy atom. The third-order valence-corrected chi connectivity index (χ3v) is 5.22. The van der Waals surface area contributed by atoms with Crippen molar-refractivity contribution in [1.29, 1.82) is 0 Å². The van der Waals surface area contributed by atoms with Crippen molar-refractivity contribution < 1.29 is 109 Å². The van der Waals surface area contributed by atoms with Crippen molar-refractivity contribution in [2.75, 3.05) is 78.5 Å². The predicted octanol–water partition coefficient (Wildman–Crippen LogP) is -21.8. The summed E-state index contributed by atoms with van der Waals surface area (Å²) in [7, 11) is 0. The van der Waals surface area contributed by atoms with Gasteiger partial charge in [0, 0.05) is 58.1 Å². The van der Waals surface area contributed by atoms with Crippen LogP contribution in [-0.4, -0.2) is 211 Å². The molecular weight excluding hydrogens is 723 g/mol. The number of carboxylic acids is 7. The van der Waals surface area contributed by atoms with Crippen LogP contribution < -0.4 is 70.4 Å². The number of Topliss-reactive ketones (excluding diaryl/α,β-unsaturated/α-hetero) is 1. The van der Waals surface area contributed by atoms with Gasteiger partial charge in [-0.2, -0.15) is 0 Å². The van der Waals surface area contributed by atoms with E-state index >= 15 is 0 Å². The van der Waals surface area contributed by atoms with Gasteiger partial charge in [-0.1, -0.05) is 0 Å². The van der Waals surface area contributed by atoms with E-state index in [1.807, 2.05) is 0 Å². The van der Waals surface area contributed by atoms with E-state index in [-0.39, 0.29) is 157 Å². The van der Waals surface area contributed by atoms with Crippen LogP contribution in [0, 0.1) is 0 Å². The smallest absolute Gasteiger partial charge is 1.00 e. The Kier molecular flexibility index (Phi) is 42.0. The number of hydrogen-bond donors (Lipinski definition) is 2. The summed E-state index contributed by atoms with van der Waals surface area (Å²) in [6.45, 7) is -1.35. The van der Waals surface area contributed by atoms with Gasteiger partial charge in [-0.15, -0.1) is 0 Å². The van der Waals surface area contributed by atoms with Crippen molar-refractivity contribution in [2.45, 2.75) is 19.8 Å². The van der Waals surface area contributed by atoms with Gasteiger partial charge in [-0.25, -0.2) is 0 Å². The molecule has 0 heterocycles. The number of hydrogen-bond acceptors (Lipinski definition) is 17. The monoisotopic (exact) mass is 755 g/mol. The van der Waals surface area contributed by atoms with Crippen molar-refractivity contribution in [3.8, 4) is 0 Å². The third-order valence-electron chi connectivity index (χ3n) is 5.22. The Labute approximate surface area is 336 Å². The maximum atomic E-state index is 11.0. The van der Waals surface area contributed by atoms with Crippen LogP contribution in [0.15, 0.2) is 0 Å². The minimum atomic E-state index is -1.42. The molecule has 0 saturated heterocycles. The van der Waals surface area contributed by atoms with Crippen LogP contribution in [0.4, 0.5) is 0 Å². The maximum absolute atomic E-state index is 11.0. The zero-order valence-corrected chi connectivity index (χ0v) is 31.0. The molecule has 0 aromatic carbocycles. The van der Waals surface area contributed by atoms with Crippen LogP contribution in [0.2, 0.25) is 0 Å². The van der Waals surface area contributed by atoms with Crippen LogP contribution in [0.5, 0.6) is 0 Å². The van der Waals surface area contributed by atoms with Gasteiger partial charge in [-0.05, 0) is 12.8 Å². The van der Waals surface area contributed by atoms with Crippen molar-refractivity contribution in [3.05, 3.63) is 0 Å². The molecule has 46 heavy (non-hydrogen) atoms. The topological polar surface area (TPSA) is 313 Å². The first-order valence-electron chi connectivity index (χ1n) is 12.4. The molecule has 0 spiro atoms. The molecule has 0 saturated carbocycles. The SMILES string of the molecule is CC(=O)C[NH+](CC[NH+](CC(=O)[O-])CC(=O)[O-])CC(=O)[O-].O=C([O-])CCN(CCN(CCC(=O)[O-])CC(=O)[O-])CC(=O)[O-].[Ca+2].[Ca+2].[Cl-].[Cl-]. The van der Waals surface area contributed by atoms with E-state index in [1.165, 1.54) is 16.7 Å². The zero-order valence-electron chi connectivity index (χ0n) is 25.1. The van der Waals surface area contributed by atoms with E-state index < -0.39 is 87.4 Å². The van der Waals surface area contributed by atoms with Crippen molar-refractivity contribution in [1.82, 2.24) is 9.80 Å². The molecule has 1 unspecified atom stereocenters. The van der Waals surface area contributed by atoms with Gasteiger partial charge in [0.15, 0.2) is 5.78 Å². The standard InChI is InChI=1S/C12H20N2O8.C11H18N2O7.2Ca.2ClH/c15-9(16)1-3-13(7-11(19)20)5-6-14(8-12(21)22)4-2-10(17)18;1-8(14)4-12(5-9(15)16)2-3-13(6-10(17)18)7-11(19)20;;;;/h1-8H2,(H,15,16)(H,17,18)(H,19,20)(H,21,22);2-7H2,1H3,(H,15,16)(H,17,18)(H,19,20);;;2*1H/q;;2*+2;;/p-7. The van der Waals surface area contributed by atoms with E-state index in [0.29, 0.717) is 4.90 Å². The summed E-state index contributed by atoms with van der Waals surface area (Å²) in [6.07, 6.45) is -0.792. The Morgan fingerprint density at radius 2 is 0.739 bits per heavy atom. The first-order valence-corrected chi connectivity index (χ1v) is 12.4. The minimum absolute atomic E-state index is 0. The first-order chi connectivity index (χ1) is 19.4. The number of halogens is 2. The molecule has 0 radical (unpaired) electrons. The Hall–Kier alpha value is -1.10. The summed E-state index contributed by atoms with van der Waals surface area (Å²) >= 11 is 0. The fourth-order valence-electron chi connectivity index (χ4n) is 3.48. The van der Waals surface area contributed by atoms with E-state index in [4.69, 9.17) is 0 Å². The predicted molar refractivity (Wildman–Crippen MR) is 130 cm³/mol. The van der Waals surface area contributed by atoms with Gasteiger partial charge in [0.2, 0.25) is 0 Å². The van der Waals surface area contributed by atoms with Crippen LogP contribution in [0.3, 0.4) is 0 Å². The number of carbonyl (C=O) groups excluding carboxylic acids is 8. The molecule has 0 aliphatic heterocycles. The first kappa shape index (κ1) is 57.2. The van der Waals surface area contributed by atoms with Crippen LogP contribution in [0.25, 0.3) is 0 Å². The third kappa shape index (κ3) is 40.9.